The first-order valence-electron chi connectivity index (χ1n) is 1.37. The molecular weight excluding hydrogens is 155 g/mol. The van der Waals surface area contributed by atoms with Crippen LogP contribution in [0.4, 0.5) is 0 Å². The first-order chi connectivity index (χ1) is 3.06. The maximum atomic E-state index is 9.86. The Balaban J connectivity index is 3.36. The first-order valence-corrected chi connectivity index (χ1v) is 5.21. The van der Waals surface area contributed by atoms with E-state index in [4.69, 9.17) is 9.79 Å². The maximum Gasteiger partial charge on any atom is 0.336 e. The molecule has 0 fully saturated rings. The van der Waals surface area contributed by atoms with Gasteiger partial charge in [-0.2, -0.15) is 0 Å². The minimum absolute atomic E-state index is 0.212. The fourth-order valence-electron chi connectivity index (χ4n) is 0.0752. The third-order valence-electron chi connectivity index (χ3n) is 0.226. The largest absolute Gasteiger partial charge is 0.336 e. The van der Waals surface area contributed by atoms with Crippen molar-refractivity contribution in [2.45, 2.75) is 0 Å². The highest BCUT2D eigenvalue weighted by atomic mass is 33.1. The fourth-order valence-corrected chi connectivity index (χ4v) is 2.03. The molecule has 2 N–H and O–H groups in total. The topological polar surface area (TPSA) is 57.5 Å². The minimum atomic E-state index is -3.78. The average molecular weight is 160 g/mol. The van der Waals surface area contributed by atoms with E-state index in [0.29, 0.717) is 0 Å². The van der Waals surface area contributed by atoms with Crippen LogP contribution >= 0.6 is 30.1 Å². The van der Waals surface area contributed by atoms with Gasteiger partial charge in [-0.3, -0.25) is 4.57 Å². The molecule has 0 aromatic carbocycles. The predicted octanol–water partition coefficient (Wildman–Crippen LogP) is 0.700. The lowest BCUT2D eigenvalue weighted by Crippen LogP contribution is -1.76. The Morgan fingerprint density at radius 1 is 1.71 bits per heavy atom. The first kappa shape index (κ1) is 7.85. The lowest BCUT2D eigenvalue weighted by Gasteiger charge is -1.95. The van der Waals surface area contributed by atoms with E-state index in [-0.39, 0.29) is 5.49 Å². The second-order valence-electron chi connectivity index (χ2n) is 0.923. The molecule has 0 spiro atoms. The number of thiol groups is 1. The second-order valence-corrected chi connectivity index (χ2v) is 4.32. The van der Waals surface area contributed by atoms with Crippen LogP contribution in [0.1, 0.15) is 0 Å². The van der Waals surface area contributed by atoms with Crippen molar-refractivity contribution >= 4 is 30.1 Å². The summed E-state index contributed by atoms with van der Waals surface area (Å²) in [5.74, 6) is 0. The van der Waals surface area contributed by atoms with E-state index in [2.05, 4.69) is 11.7 Å². The zero-order chi connectivity index (χ0) is 5.91. The van der Waals surface area contributed by atoms with Gasteiger partial charge in [0.15, 0.2) is 0 Å². The van der Waals surface area contributed by atoms with Gasteiger partial charge in [0.25, 0.3) is 0 Å². The summed E-state index contributed by atoms with van der Waals surface area (Å²) in [5.41, 5.74) is -0.212. The summed E-state index contributed by atoms with van der Waals surface area (Å²) in [6.07, 6.45) is 0. The van der Waals surface area contributed by atoms with Gasteiger partial charge in [-0.15, -0.1) is 11.7 Å². The molecule has 0 heterocycles. The van der Waals surface area contributed by atoms with Gasteiger partial charge < -0.3 is 9.79 Å². The van der Waals surface area contributed by atoms with Gasteiger partial charge >= 0.3 is 7.60 Å². The van der Waals surface area contributed by atoms with Crippen LogP contribution < -0.4 is 0 Å². The predicted molar refractivity (Wildman–Crippen MR) is 33.5 cm³/mol. The summed E-state index contributed by atoms with van der Waals surface area (Å²) in [7, 11) is -2.94. The number of rotatable bonds is 2. The van der Waals surface area contributed by atoms with Crippen LogP contribution in [0.2, 0.25) is 0 Å². The summed E-state index contributed by atoms with van der Waals surface area (Å²) in [6, 6.07) is 0. The molecule has 0 saturated heterocycles. The third kappa shape index (κ3) is 6.85. The van der Waals surface area contributed by atoms with E-state index >= 15 is 0 Å². The molecule has 44 valence electrons. The Morgan fingerprint density at radius 3 is 2.14 bits per heavy atom. The van der Waals surface area contributed by atoms with Crippen molar-refractivity contribution in [2.75, 3.05) is 5.49 Å². The van der Waals surface area contributed by atoms with Gasteiger partial charge in [-0.05, 0) is 0 Å². The molecule has 3 nitrogen and oxygen atoms in total. The van der Waals surface area contributed by atoms with Crippen molar-refractivity contribution in [1.82, 2.24) is 0 Å². The van der Waals surface area contributed by atoms with Crippen LogP contribution in [0.25, 0.3) is 0 Å². The van der Waals surface area contributed by atoms with Crippen molar-refractivity contribution < 1.29 is 14.4 Å². The summed E-state index contributed by atoms with van der Waals surface area (Å²) in [4.78, 5) is 16.1. The van der Waals surface area contributed by atoms with Gasteiger partial charge in [0, 0.05) is 0 Å². The normalized spacial score (nSPS) is 11.9. The molecule has 0 radical (unpaired) electrons. The molecule has 0 aliphatic carbocycles. The average Bonchev–Trinajstić information content (AvgIpc) is 1.30. The summed E-state index contributed by atoms with van der Waals surface area (Å²) in [5, 5.41) is 0. The smallest absolute Gasteiger partial charge is 0.324 e. The van der Waals surface area contributed by atoms with Crippen LogP contribution in [0, 0.1) is 0 Å². The lowest BCUT2D eigenvalue weighted by atomic mass is 11.9. The van der Waals surface area contributed by atoms with Crippen LogP contribution in [0.5, 0.6) is 0 Å². The van der Waals surface area contributed by atoms with Crippen molar-refractivity contribution in [2.24, 2.45) is 0 Å². The maximum absolute atomic E-state index is 9.86. The van der Waals surface area contributed by atoms with Crippen molar-refractivity contribution in [3.63, 3.8) is 0 Å². The summed E-state index contributed by atoms with van der Waals surface area (Å²) >= 11 is 3.54. The van der Waals surface area contributed by atoms with Crippen LogP contribution in [0.15, 0.2) is 0 Å². The highest BCUT2D eigenvalue weighted by Gasteiger charge is 2.09. The van der Waals surface area contributed by atoms with E-state index in [1.54, 1.807) is 0 Å². The molecule has 0 aromatic rings. The van der Waals surface area contributed by atoms with Crippen LogP contribution in [-0.4, -0.2) is 15.3 Å². The number of hydrogen-bond donors (Lipinski definition) is 3. The van der Waals surface area contributed by atoms with Gasteiger partial charge in [-0.25, -0.2) is 0 Å². The zero-order valence-corrected chi connectivity index (χ0v) is 5.92. The van der Waals surface area contributed by atoms with E-state index < -0.39 is 7.60 Å². The molecule has 7 heavy (non-hydrogen) atoms. The Kier molecular flexibility index (Phi) is 3.36. The van der Waals surface area contributed by atoms with Crippen molar-refractivity contribution in [3.05, 3.63) is 0 Å². The standard InChI is InChI=1S/CH5O3PS2/c2-5(3,4)1-7-6/h6H,1H2,(H2,2,3,4). The third-order valence-corrected chi connectivity index (χ3v) is 3.07. The highest BCUT2D eigenvalue weighted by Crippen LogP contribution is 2.39. The Labute approximate surface area is 50.5 Å². The molecule has 0 unspecified atom stereocenters. The number of hydrogen-bond acceptors (Lipinski definition) is 3. The van der Waals surface area contributed by atoms with Gasteiger partial charge in [-0.1, -0.05) is 10.8 Å². The molecule has 0 rings (SSSR count). The lowest BCUT2D eigenvalue weighted by molar-refractivity contribution is 0.379. The van der Waals surface area contributed by atoms with Crippen LogP contribution in [-0.2, 0) is 4.57 Å². The van der Waals surface area contributed by atoms with E-state index in [1.807, 2.05) is 0 Å². The molecule has 6 heteroatoms. The van der Waals surface area contributed by atoms with Crippen molar-refractivity contribution in [3.8, 4) is 0 Å². The quantitative estimate of drug-likeness (QED) is 0.316. The summed E-state index contributed by atoms with van der Waals surface area (Å²) in [6.45, 7) is 0. The SMILES string of the molecule is O=P(O)(O)CSS. The molecule has 0 amide bonds. The van der Waals surface area contributed by atoms with E-state index in [0.717, 1.165) is 10.8 Å². The van der Waals surface area contributed by atoms with Gasteiger partial charge in [0.2, 0.25) is 0 Å². The summed E-state index contributed by atoms with van der Waals surface area (Å²) < 4.78 is 9.86. The molecule has 0 atom stereocenters. The van der Waals surface area contributed by atoms with E-state index in [9.17, 15) is 4.57 Å². The fraction of sp³-hybridized carbons (Fsp3) is 1.00. The molecule has 0 bridgehead atoms. The Hall–Kier alpha value is 0.850. The van der Waals surface area contributed by atoms with Gasteiger partial charge in [0.1, 0.15) is 5.49 Å². The minimum Gasteiger partial charge on any atom is -0.324 e. The van der Waals surface area contributed by atoms with Crippen molar-refractivity contribution in [1.29, 1.82) is 0 Å². The van der Waals surface area contributed by atoms with Gasteiger partial charge in [0.05, 0.1) is 0 Å². The molecular formula is CH5O3PS2. The molecule has 0 saturated carbocycles. The second kappa shape index (κ2) is 2.99. The zero-order valence-electron chi connectivity index (χ0n) is 3.31. The molecule has 0 aromatic heterocycles. The van der Waals surface area contributed by atoms with E-state index in [1.165, 1.54) is 0 Å². The monoisotopic (exact) mass is 160 g/mol. The van der Waals surface area contributed by atoms with Crippen LogP contribution in [0.3, 0.4) is 0 Å². The highest BCUT2D eigenvalue weighted by molar-refractivity contribution is 8.69. The molecule has 0 aliphatic rings. The Morgan fingerprint density at radius 2 is 2.14 bits per heavy atom. The molecule has 0 aliphatic heterocycles. The Bertz CT molecular complexity index is 86.9.